The van der Waals surface area contributed by atoms with E-state index in [0.717, 1.165) is 25.7 Å². The maximum absolute atomic E-state index is 10.4. The molecule has 0 aromatic rings. The van der Waals surface area contributed by atoms with Crippen molar-refractivity contribution >= 4 is 11.9 Å². The van der Waals surface area contributed by atoms with E-state index in [4.69, 9.17) is 10.2 Å². The Balaban J connectivity index is 0.000000288. The van der Waals surface area contributed by atoms with Gasteiger partial charge in [-0.15, -0.1) is 0 Å². The van der Waals surface area contributed by atoms with Gasteiger partial charge < -0.3 is 10.2 Å². The van der Waals surface area contributed by atoms with Gasteiger partial charge in [-0.2, -0.15) is 0 Å². The molecule has 0 radical (unpaired) electrons. The monoisotopic (exact) mass is 214 g/mol. The molecule has 4 heteroatoms. The van der Waals surface area contributed by atoms with Gasteiger partial charge in [-0.05, 0) is 19.8 Å². The first-order chi connectivity index (χ1) is 6.95. The summed E-state index contributed by atoms with van der Waals surface area (Å²) >= 11 is 0. The highest BCUT2D eigenvalue weighted by atomic mass is 16.4. The Labute approximate surface area is 89.6 Å². The van der Waals surface area contributed by atoms with Crippen molar-refractivity contribution in [3.05, 3.63) is 12.2 Å². The summed E-state index contributed by atoms with van der Waals surface area (Å²) in [6.45, 7) is 4.60. The van der Waals surface area contributed by atoms with Gasteiger partial charge in [-0.3, -0.25) is 4.79 Å². The van der Waals surface area contributed by atoms with Crippen molar-refractivity contribution in [1.82, 2.24) is 0 Å². The average molecular weight is 214 g/mol. The summed E-state index contributed by atoms with van der Waals surface area (Å²) < 4.78 is 0. The maximum Gasteiger partial charge on any atom is 0.330 e. The van der Waals surface area contributed by atoms with E-state index in [1.165, 1.54) is 13.3 Å². The van der Waals surface area contributed by atoms with E-state index in [9.17, 15) is 9.59 Å². The van der Waals surface area contributed by atoms with Crippen LogP contribution in [0.5, 0.6) is 0 Å². The molecule has 0 aromatic heterocycles. The average Bonchev–Trinajstić information content (AvgIpc) is 2.20. The van der Waals surface area contributed by atoms with Crippen LogP contribution in [0, 0.1) is 5.92 Å². The van der Waals surface area contributed by atoms with Gasteiger partial charge in [0.05, 0.1) is 5.92 Å². The summed E-state index contributed by atoms with van der Waals surface area (Å²) in [6.07, 6.45) is 5.24. The fourth-order valence-electron chi connectivity index (χ4n) is 1.35. The Morgan fingerprint density at radius 3 is 1.73 bits per heavy atom. The lowest BCUT2D eigenvalue weighted by molar-refractivity contribution is -0.142. The molecule has 0 saturated heterocycles. The van der Waals surface area contributed by atoms with Crippen LogP contribution in [0.25, 0.3) is 0 Å². The molecule has 0 atom stereocenters. The number of hydrogen-bond donors (Lipinski definition) is 2. The first kappa shape index (κ1) is 13.7. The Hall–Kier alpha value is -1.32. The van der Waals surface area contributed by atoms with Crippen molar-refractivity contribution in [2.45, 2.75) is 39.0 Å². The highest BCUT2D eigenvalue weighted by Gasteiger charge is 2.19. The lowest BCUT2D eigenvalue weighted by Crippen LogP contribution is -2.16. The molecule has 2 N–H and O–H groups in total. The van der Waals surface area contributed by atoms with Crippen LogP contribution >= 0.6 is 0 Å². The van der Waals surface area contributed by atoms with Crippen LogP contribution in [0.2, 0.25) is 0 Å². The molecule has 1 aliphatic carbocycles. The van der Waals surface area contributed by atoms with Gasteiger partial charge in [0.25, 0.3) is 0 Å². The standard InChI is InChI=1S/C7H12O2.C4H6O2/c8-7(9)6-4-2-1-3-5-6;1-3(2)4(5)6/h6H,1-5H2,(H,8,9);1H2,2H3,(H,5,6). The third-order valence-electron chi connectivity index (χ3n) is 2.32. The topological polar surface area (TPSA) is 74.6 Å². The fraction of sp³-hybridized carbons (Fsp3) is 0.636. The van der Waals surface area contributed by atoms with Crippen LogP contribution in [0.4, 0.5) is 0 Å². The second-order valence-corrected chi connectivity index (χ2v) is 3.76. The Morgan fingerprint density at radius 1 is 1.13 bits per heavy atom. The van der Waals surface area contributed by atoms with Gasteiger partial charge in [0.2, 0.25) is 0 Å². The molecule has 1 saturated carbocycles. The number of carbonyl (C=O) groups is 2. The van der Waals surface area contributed by atoms with Crippen molar-refractivity contribution in [3.63, 3.8) is 0 Å². The van der Waals surface area contributed by atoms with E-state index in [1.54, 1.807) is 0 Å². The number of aliphatic carboxylic acids is 2. The zero-order valence-electron chi connectivity index (χ0n) is 9.03. The van der Waals surface area contributed by atoms with Crippen molar-refractivity contribution < 1.29 is 19.8 Å². The number of rotatable bonds is 2. The van der Waals surface area contributed by atoms with Gasteiger partial charge in [-0.1, -0.05) is 25.8 Å². The number of carboxylic acid groups (broad SMARTS) is 2. The second kappa shape index (κ2) is 7.04. The van der Waals surface area contributed by atoms with E-state index in [-0.39, 0.29) is 11.5 Å². The van der Waals surface area contributed by atoms with Crippen LogP contribution < -0.4 is 0 Å². The zero-order chi connectivity index (χ0) is 11.8. The Morgan fingerprint density at radius 2 is 1.53 bits per heavy atom. The summed E-state index contributed by atoms with van der Waals surface area (Å²) in [5, 5.41) is 16.4. The van der Waals surface area contributed by atoms with Gasteiger partial charge in [-0.25, -0.2) is 4.79 Å². The molecule has 0 aromatic carbocycles. The highest BCUT2D eigenvalue weighted by molar-refractivity contribution is 5.84. The molecule has 1 fully saturated rings. The van der Waals surface area contributed by atoms with Gasteiger partial charge in [0.1, 0.15) is 0 Å². The van der Waals surface area contributed by atoms with Crippen LogP contribution in [0.1, 0.15) is 39.0 Å². The van der Waals surface area contributed by atoms with Gasteiger partial charge >= 0.3 is 11.9 Å². The summed E-state index contributed by atoms with van der Waals surface area (Å²) in [7, 11) is 0. The largest absolute Gasteiger partial charge is 0.481 e. The summed E-state index contributed by atoms with van der Waals surface area (Å²) in [5.41, 5.74) is 0.176. The van der Waals surface area contributed by atoms with Gasteiger partial charge in [0.15, 0.2) is 0 Å². The maximum atomic E-state index is 10.4. The van der Waals surface area contributed by atoms with Crippen molar-refractivity contribution in [1.29, 1.82) is 0 Å². The minimum absolute atomic E-state index is 0.0289. The lowest BCUT2D eigenvalue weighted by atomic mass is 9.90. The van der Waals surface area contributed by atoms with E-state index in [0.29, 0.717) is 0 Å². The molecule has 15 heavy (non-hydrogen) atoms. The first-order valence-corrected chi connectivity index (χ1v) is 5.06. The van der Waals surface area contributed by atoms with E-state index >= 15 is 0 Å². The number of hydrogen-bond acceptors (Lipinski definition) is 2. The minimum Gasteiger partial charge on any atom is -0.481 e. The lowest BCUT2D eigenvalue weighted by Gasteiger charge is -2.16. The number of carboxylic acids is 2. The molecule has 0 bridgehead atoms. The summed E-state index contributed by atoms with van der Waals surface area (Å²) in [4.78, 5) is 20.0. The highest BCUT2D eigenvalue weighted by Crippen LogP contribution is 2.23. The van der Waals surface area contributed by atoms with Crippen molar-refractivity contribution in [3.8, 4) is 0 Å². The predicted octanol–water partition coefficient (Wildman–Crippen LogP) is 2.30. The molecular weight excluding hydrogens is 196 g/mol. The summed E-state index contributed by atoms with van der Waals surface area (Å²) in [5.74, 6) is -1.57. The molecule has 0 aliphatic heterocycles. The zero-order valence-corrected chi connectivity index (χ0v) is 9.03. The predicted molar refractivity (Wildman–Crippen MR) is 56.7 cm³/mol. The molecule has 4 nitrogen and oxygen atoms in total. The third kappa shape index (κ3) is 6.71. The van der Waals surface area contributed by atoms with E-state index in [2.05, 4.69) is 6.58 Å². The first-order valence-electron chi connectivity index (χ1n) is 5.06. The SMILES string of the molecule is C=C(C)C(=O)O.O=C(O)C1CCCCC1. The smallest absolute Gasteiger partial charge is 0.330 e. The Bertz CT molecular complexity index is 227. The molecule has 0 amide bonds. The molecular formula is C11H18O4. The van der Waals surface area contributed by atoms with Crippen molar-refractivity contribution in [2.24, 2.45) is 5.92 Å². The van der Waals surface area contributed by atoms with Crippen LogP contribution in [0.3, 0.4) is 0 Å². The normalized spacial score (nSPS) is 16.1. The van der Waals surface area contributed by atoms with Crippen molar-refractivity contribution in [2.75, 3.05) is 0 Å². The summed E-state index contributed by atoms with van der Waals surface area (Å²) in [6, 6.07) is 0. The van der Waals surface area contributed by atoms with Crippen LogP contribution in [0.15, 0.2) is 12.2 Å². The quantitative estimate of drug-likeness (QED) is 0.691. The Kier molecular flexibility index (Phi) is 6.42. The van der Waals surface area contributed by atoms with E-state index < -0.39 is 11.9 Å². The third-order valence-corrected chi connectivity index (χ3v) is 2.32. The minimum atomic E-state index is -0.935. The molecule has 86 valence electrons. The van der Waals surface area contributed by atoms with E-state index in [1.807, 2.05) is 0 Å². The fourth-order valence-corrected chi connectivity index (χ4v) is 1.35. The second-order valence-electron chi connectivity index (χ2n) is 3.76. The molecule has 0 unspecified atom stereocenters. The molecule has 1 rings (SSSR count). The molecule has 0 spiro atoms. The van der Waals surface area contributed by atoms with Gasteiger partial charge in [0, 0.05) is 5.57 Å². The van der Waals surface area contributed by atoms with Crippen LogP contribution in [-0.2, 0) is 9.59 Å². The molecule has 1 aliphatic rings. The molecule has 0 heterocycles. The van der Waals surface area contributed by atoms with Crippen LogP contribution in [-0.4, -0.2) is 22.2 Å².